The van der Waals surface area contributed by atoms with Gasteiger partial charge in [0, 0.05) is 37.7 Å². The van der Waals surface area contributed by atoms with Gasteiger partial charge in [-0.05, 0) is 19.8 Å². The highest BCUT2D eigenvalue weighted by Gasteiger charge is 2.38. The Balaban J connectivity index is 1.78. The Morgan fingerprint density at radius 2 is 2.24 bits per heavy atom. The number of hydrogen-bond acceptors (Lipinski definition) is 4. The average molecular weight is 314 g/mol. The molecule has 0 radical (unpaired) electrons. The highest BCUT2D eigenvalue weighted by Crippen LogP contribution is 2.33. The van der Waals surface area contributed by atoms with Crippen LogP contribution in [-0.2, 0) is 18.3 Å². The Morgan fingerprint density at radius 1 is 1.43 bits per heavy atom. The van der Waals surface area contributed by atoms with Gasteiger partial charge in [0.15, 0.2) is 0 Å². The minimum atomic E-state index is -0.190. The standard InChI is InChI=1S/C15H24ClN3O2/c1-10-12(15(16)18(2)17-10)8-19-6-7-21-9-13(19)11-4-3-5-14(11)20/h11,13-14,20H,3-9H2,1-2H3/t11-,13-,14+/m1/s1. The van der Waals surface area contributed by atoms with Crippen LogP contribution in [0.1, 0.15) is 30.5 Å². The monoisotopic (exact) mass is 313 g/mol. The summed E-state index contributed by atoms with van der Waals surface area (Å²) >= 11 is 6.36. The molecule has 3 atom stereocenters. The Hall–Kier alpha value is -0.620. The normalized spacial score (nSPS) is 31.0. The molecule has 1 aromatic rings. The fourth-order valence-corrected chi connectivity index (χ4v) is 3.96. The van der Waals surface area contributed by atoms with Crippen molar-refractivity contribution in [2.75, 3.05) is 19.8 Å². The number of halogens is 1. The minimum Gasteiger partial charge on any atom is -0.393 e. The second-order valence-corrected chi connectivity index (χ2v) is 6.61. The predicted octanol–water partition coefficient (Wildman–Crippen LogP) is 1.74. The molecule has 0 spiro atoms. The zero-order chi connectivity index (χ0) is 15.0. The third-order valence-electron chi connectivity index (χ3n) is 4.94. The van der Waals surface area contributed by atoms with Crippen LogP contribution in [0.15, 0.2) is 0 Å². The van der Waals surface area contributed by atoms with Gasteiger partial charge < -0.3 is 9.84 Å². The fraction of sp³-hybridized carbons (Fsp3) is 0.800. The minimum absolute atomic E-state index is 0.190. The van der Waals surface area contributed by atoms with E-state index >= 15 is 0 Å². The molecule has 5 nitrogen and oxygen atoms in total. The van der Waals surface area contributed by atoms with E-state index in [9.17, 15) is 5.11 Å². The maximum atomic E-state index is 10.2. The van der Waals surface area contributed by atoms with E-state index in [0.717, 1.165) is 50.2 Å². The molecule has 1 saturated heterocycles. The van der Waals surface area contributed by atoms with Gasteiger partial charge in [-0.25, -0.2) is 0 Å². The largest absolute Gasteiger partial charge is 0.393 e. The Kier molecular flexibility index (Phi) is 4.54. The Bertz CT molecular complexity index is 505. The van der Waals surface area contributed by atoms with Crippen molar-refractivity contribution in [2.24, 2.45) is 13.0 Å². The van der Waals surface area contributed by atoms with Gasteiger partial charge in [0.05, 0.1) is 25.0 Å². The van der Waals surface area contributed by atoms with Gasteiger partial charge in [-0.1, -0.05) is 18.0 Å². The molecule has 3 rings (SSSR count). The van der Waals surface area contributed by atoms with Crippen LogP contribution in [0.5, 0.6) is 0 Å². The summed E-state index contributed by atoms with van der Waals surface area (Å²) in [6.07, 6.45) is 2.93. The molecule has 0 aromatic carbocycles. The quantitative estimate of drug-likeness (QED) is 0.923. The van der Waals surface area contributed by atoms with Crippen LogP contribution in [0.25, 0.3) is 0 Å². The van der Waals surface area contributed by atoms with Crippen molar-refractivity contribution in [1.29, 1.82) is 0 Å². The zero-order valence-corrected chi connectivity index (χ0v) is 13.5. The summed E-state index contributed by atoms with van der Waals surface area (Å²) in [4.78, 5) is 2.42. The summed E-state index contributed by atoms with van der Waals surface area (Å²) in [6.45, 7) is 5.13. The first-order valence-electron chi connectivity index (χ1n) is 7.75. The van der Waals surface area contributed by atoms with Crippen molar-refractivity contribution in [3.63, 3.8) is 0 Å². The molecule has 1 saturated carbocycles. The zero-order valence-electron chi connectivity index (χ0n) is 12.8. The lowest BCUT2D eigenvalue weighted by molar-refractivity contribution is -0.0537. The molecule has 2 aliphatic rings. The van der Waals surface area contributed by atoms with Gasteiger partial charge in [0.2, 0.25) is 0 Å². The molecule has 0 unspecified atom stereocenters. The van der Waals surface area contributed by atoms with Gasteiger partial charge >= 0.3 is 0 Å². The first-order chi connectivity index (χ1) is 10.1. The van der Waals surface area contributed by atoms with Crippen molar-refractivity contribution in [3.05, 3.63) is 16.4 Å². The van der Waals surface area contributed by atoms with Gasteiger partial charge in [-0.3, -0.25) is 9.58 Å². The number of hydrogen-bond donors (Lipinski definition) is 1. The van der Waals surface area contributed by atoms with Crippen LogP contribution in [0.3, 0.4) is 0 Å². The lowest BCUT2D eigenvalue weighted by atomic mass is 9.94. The summed E-state index contributed by atoms with van der Waals surface area (Å²) in [5.74, 6) is 0.320. The van der Waals surface area contributed by atoms with Crippen LogP contribution in [0.2, 0.25) is 5.15 Å². The number of nitrogens with zero attached hydrogens (tertiary/aromatic N) is 3. The van der Waals surface area contributed by atoms with E-state index in [1.54, 1.807) is 4.68 Å². The molecule has 2 fully saturated rings. The molecule has 21 heavy (non-hydrogen) atoms. The van der Waals surface area contributed by atoms with Crippen molar-refractivity contribution in [1.82, 2.24) is 14.7 Å². The van der Waals surface area contributed by atoms with E-state index in [-0.39, 0.29) is 12.1 Å². The fourth-order valence-electron chi connectivity index (χ4n) is 3.72. The van der Waals surface area contributed by atoms with Crippen molar-refractivity contribution >= 4 is 11.6 Å². The van der Waals surface area contributed by atoms with Crippen LogP contribution < -0.4 is 0 Å². The van der Waals surface area contributed by atoms with Gasteiger partial charge in [-0.2, -0.15) is 5.10 Å². The molecule has 6 heteroatoms. The number of aliphatic hydroxyl groups excluding tert-OH is 1. The first kappa shape index (κ1) is 15.3. The van der Waals surface area contributed by atoms with E-state index in [1.165, 1.54) is 0 Å². The number of aromatic nitrogens is 2. The van der Waals surface area contributed by atoms with Gasteiger partial charge in [0.25, 0.3) is 0 Å². The lowest BCUT2D eigenvalue weighted by Crippen LogP contribution is -2.50. The van der Waals surface area contributed by atoms with Crippen LogP contribution in [0, 0.1) is 12.8 Å². The summed E-state index contributed by atoms with van der Waals surface area (Å²) in [5.41, 5.74) is 2.08. The number of aryl methyl sites for hydroxylation is 2. The van der Waals surface area contributed by atoms with Gasteiger partial charge in [0.1, 0.15) is 5.15 Å². The van der Waals surface area contributed by atoms with E-state index < -0.39 is 0 Å². The highest BCUT2D eigenvalue weighted by molar-refractivity contribution is 6.30. The summed E-state index contributed by atoms with van der Waals surface area (Å²) in [6, 6.07) is 0.284. The molecule has 0 bridgehead atoms. The van der Waals surface area contributed by atoms with Crippen LogP contribution in [-0.4, -0.2) is 51.7 Å². The molecule has 2 heterocycles. The maximum Gasteiger partial charge on any atom is 0.131 e. The second kappa shape index (κ2) is 6.24. The first-order valence-corrected chi connectivity index (χ1v) is 8.13. The van der Waals surface area contributed by atoms with E-state index in [1.807, 2.05) is 14.0 Å². The van der Waals surface area contributed by atoms with Gasteiger partial charge in [-0.15, -0.1) is 0 Å². The second-order valence-electron chi connectivity index (χ2n) is 6.25. The maximum absolute atomic E-state index is 10.2. The topological polar surface area (TPSA) is 50.5 Å². The smallest absolute Gasteiger partial charge is 0.131 e. The van der Waals surface area contributed by atoms with E-state index in [2.05, 4.69) is 10.00 Å². The number of rotatable bonds is 3. The molecular weight excluding hydrogens is 290 g/mol. The molecule has 1 N–H and O–H groups in total. The van der Waals surface area contributed by atoms with Crippen molar-refractivity contribution in [2.45, 2.75) is 44.9 Å². The Morgan fingerprint density at radius 3 is 2.86 bits per heavy atom. The van der Waals surface area contributed by atoms with Crippen LogP contribution in [0.4, 0.5) is 0 Å². The summed E-state index contributed by atoms with van der Waals surface area (Å²) < 4.78 is 7.40. The summed E-state index contributed by atoms with van der Waals surface area (Å²) in [5, 5.41) is 15.3. The molecule has 1 aromatic heterocycles. The molecular formula is C15H24ClN3O2. The summed E-state index contributed by atoms with van der Waals surface area (Å²) in [7, 11) is 1.87. The number of aliphatic hydroxyl groups is 1. The lowest BCUT2D eigenvalue weighted by Gasteiger charge is -2.40. The number of morpholine rings is 1. The molecule has 1 aliphatic carbocycles. The number of ether oxygens (including phenoxy) is 1. The third kappa shape index (κ3) is 2.97. The SMILES string of the molecule is Cc1nn(C)c(Cl)c1CN1CCOC[C@@H]1[C@H]1CCC[C@@H]1O. The molecule has 1 aliphatic heterocycles. The molecule has 118 valence electrons. The van der Waals surface area contributed by atoms with E-state index in [0.29, 0.717) is 17.7 Å². The van der Waals surface area contributed by atoms with Crippen LogP contribution >= 0.6 is 11.6 Å². The molecule has 0 amide bonds. The third-order valence-corrected chi connectivity index (χ3v) is 5.41. The van der Waals surface area contributed by atoms with Crippen molar-refractivity contribution in [3.8, 4) is 0 Å². The highest BCUT2D eigenvalue weighted by atomic mass is 35.5. The predicted molar refractivity (Wildman–Crippen MR) is 81.3 cm³/mol. The average Bonchev–Trinajstić information content (AvgIpc) is 2.99. The van der Waals surface area contributed by atoms with E-state index in [4.69, 9.17) is 16.3 Å². The Labute approximate surface area is 130 Å². The van der Waals surface area contributed by atoms with Crippen molar-refractivity contribution < 1.29 is 9.84 Å².